The molecule has 1 aliphatic heterocycles. The molecule has 1 saturated heterocycles. The summed E-state index contributed by atoms with van der Waals surface area (Å²) in [6.45, 7) is 2.03. The second-order valence-corrected chi connectivity index (χ2v) is 6.20. The van der Waals surface area contributed by atoms with Crippen molar-refractivity contribution in [1.82, 2.24) is 19.2 Å². The minimum atomic E-state index is -3.85. The maximum atomic E-state index is 12.4. The molecule has 0 saturated carbocycles. The van der Waals surface area contributed by atoms with Gasteiger partial charge in [0.05, 0.1) is 6.33 Å². The maximum absolute atomic E-state index is 12.4. The lowest BCUT2D eigenvalue weighted by molar-refractivity contribution is -0.126. The average Bonchev–Trinajstić information content (AvgIpc) is 2.64. The second kappa shape index (κ2) is 4.52. The van der Waals surface area contributed by atoms with E-state index in [1.807, 2.05) is 0 Å². The van der Waals surface area contributed by atoms with E-state index in [-0.39, 0.29) is 29.2 Å². The third-order valence-corrected chi connectivity index (χ3v) is 5.29. The Morgan fingerprint density at radius 3 is 2.78 bits per heavy atom. The fraction of sp³-hybridized carbons (Fsp3) is 0.556. The van der Waals surface area contributed by atoms with Gasteiger partial charge < -0.3 is 9.88 Å². The molecular weight excluding hydrogens is 280 g/mol. The predicted molar refractivity (Wildman–Crippen MR) is 64.6 cm³/mol. The Morgan fingerprint density at radius 2 is 2.22 bits per heavy atom. The molecule has 9 heteroatoms. The molecule has 0 aromatic carbocycles. The van der Waals surface area contributed by atoms with Gasteiger partial charge in [0.1, 0.15) is 11.2 Å². The summed E-state index contributed by atoms with van der Waals surface area (Å²) in [5, 5.41) is 2.42. The van der Waals surface area contributed by atoms with E-state index in [0.29, 0.717) is 0 Å². The van der Waals surface area contributed by atoms with Gasteiger partial charge in [0.15, 0.2) is 0 Å². The maximum Gasteiger partial charge on any atom is 0.264 e. The van der Waals surface area contributed by atoms with Crippen LogP contribution < -0.4 is 5.32 Å². The minimum absolute atomic E-state index is 0.0354. The first kappa shape index (κ1) is 13.3. The second-order valence-electron chi connectivity index (χ2n) is 4.03. The standard InChI is InChI=1S/C9H13ClN4O3S/c1-6-8(15)11-3-4-14(6)18(16,17)9-7(10)13(2)5-12-9/h5-6H,3-4H2,1-2H3,(H,11,15). The van der Waals surface area contributed by atoms with Crippen LogP contribution in [-0.2, 0) is 21.9 Å². The summed E-state index contributed by atoms with van der Waals surface area (Å²) < 4.78 is 27.2. The highest BCUT2D eigenvalue weighted by molar-refractivity contribution is 7.89. The summed E-state index contributed by atoms with van der Waals surface area (Å²) in [7, 11) is -2.25. The predicted octanol–water partition coefficient (Wildman–Crippen LogP) is -0.418. The molecule has 1 unspecified atom stereocenters. The van der Waals surface area contributed by atoms with Crippen LogP contribution in [0.5, 0.6) is 0 Å². The van der Waals surface area contributed by atoms with Crippen LogP contribution in [0.2, 0.25) is 5.15 Å². The molecule has 1 amide bonds. The number of rotatable bonds is 2. The van der Waals surface area contributed by atoms with E-state index in [1.165, 1.54) is 17.8 Å². The molecule has 0 aliphatic carbocycles. The highest BCUT2D eigenvalue weighted by Crippen LogP contribution is 2.24. The molecule has 1 aliphatic rings. The van der Waals surface area contributed by atoms with Gasteiger partial charge in [-0.05, 0) is 6.92 Å². The van der Waals surface area contributed by atoms with Crippen LogP contribution in [-0.4, -0.2) is 47.3 Å². The lowest BCUT2D eigenvalue weighted by Gasteiger charge is -2.31. The molecule has 2 rings (SSSR count). The van der Waals surface area contributed by atoms with Crippen LogP contribution >= 0.6 is 11.6 Å². The van der Waals surface area contributed by atoms with E-state index in [0.717, 1.165) is 4.31 Å². The van der Waals surface area contributed by atoms with Gasteiger partial charge in [0.25, 0.3) is 10.0 Å². The fourth-order valence-electron chi connectivity index (χ4n) is 1.77. The molecule has 0 bridgehead atoms. The SMILES string of the molecule is CC1C(=O)NCCN1S(=O)(=O)c1ncn(C)c1Cl. The lowest BCUT2D eigenvalue weighted by atomic mass is 10.2. The highest BCUT2D eigenvalue weighted by Gasteiger charge is 2.38. The van der Waals surface area contributed by atoms with Crippen molar-refractivity contribution in [2.45, 2.75) is 18.0 Å². The topological polar surface area (TPSA) is 84.3 Å². The van der Waals surface area contributed by atoms with Gasteiger partial charge in [-0.15, -0.1) is 0 Å². The molecule has 1 N–H and O–H groups in total. The fourth-order valence-corrected chi connectivity index (χ4v) is 3.76. The van der Waals surface area contributed by atoms with Crippen molar-refractivity contribution in [3.8, 4) is 0 Å². The Morgan fingerprint density at radius 1 is 1.56 bits per heavy atom. The Bertz CT molecular complexity index is 583. The Balaban J connectivity index is 2.43. The zero-order valence-corrected chi connectivity index (χ0v) is 11.5. The first-order valence-corrected chi connectivity index (χ1v) is 7.14. The number of nitrogens with one attached hydrogen (secondary N) is 1. The number of amides is 1. The molecule has 2 heterocycles. The van der Waals surface area contributed by atoms with E-state index >= 15 is 0 Å². The smallest absolute Gasteiger partial charge is 0.264 e. The van der Waals surface area contributed by atoms with Gasteiger partial charge in [-0.1, -0.05) is 11.6 Å². The highest BCUT2D eigenvalue weighted by atomic mass is 35.5. The van der Waals surface area contributed by atoms with Crippen LogP contribution in [0, 0.1) is 0 Å². The molecule has 18 heavy (non-hydrogen) atoms. The Hall–Kier alpha value is -1.12. The van der Waals surface area contributed by atoms with Crippen molar-refractivity contribution in [3.05, 3.63) is 11.5 Å². The summed E-state index contributed by atoms with van der Waals surface area (Å²) in [5.74, 6) is -0.322. The number of carbonyl (C=O) groups excluding carboxylic acids is 1. The van der Waals surface area contributed by atoms with Crippen LogP contribution in [0.3, 0.4) is 0 Å². The zero-order chi connectivity index (χ0) is 13.5. The van der Waals surface area contributed by atoms with Crippen molar-refractivity contribution in [2.24, 2.45) is 7.05 Å². The third kappa shape index (κ3) is 2.00. The van der Waals surface area contributed by atoms with Crippen molar-refractivity contribution >= 4 is 27.5 Å². The number of nitrogens with zero attached hydrogens (tertiary/aromatic N) is 3. The number of hydrogen-bond acceptors (Lipinski definition) is 4. The normalized spacial score (nSPS) is 21.9. The molecule has 0 radical (unpaired) electrons. The molecular formula is C9H13ClN4O3S. The van der Waals surface area contributed by atoms with Gasteiger partial charge >= 0.3 is 0 Å². The molecule has 1 aromatic rings. The summed E-state index contributed by atoms with van der Waals surface area (Å²) in [4.78, 5) is 15.3. The number of aryl methyl sites for hydroxylation is 1. The van der Waals surface area contributed by atoms with E-state index in [4.69, 9.17) is 11.6 Å². The Kier molecular flexibility index (Phi) is 3.35. The van der Waals surface area contributed by atoms with E-state index in [1.54, 1.807) is 7.05 Å². The van der Waals surface area contributed by atoms with Crippen molar-refractivity contribution in [1.29, 1.82) is 0 Å². The zero-order valence-electron chi connectivity index (χ0n) is 9.92. The van der Waals surface area contributed by atoms with Crippen LogP contribution in [0.1, 0.15) is 6.92 Å². The van der Waals surface area contributed by atoms with Crippen molar-refractivity contribution in [3.63, 3.8) is 0 Å². The monoisotopic (exact) mass is 292 g/mol. The van der Waals surface area contributed by atoms with Gasteiger partial charge in [0.2, 0.25) is 10.9 Å². The first-order chi connectivity index (χ1) is 8.35. The number of hydrogen-bond donors (Lipinski definition) is 1. The summed E-state index contributed by atoms with van der Waals surface area (Å²) in [6, 6.07) is -0.762. The number of halogens is 1. The third-order valence-electron chi connectivity index (χ3n) is 2.83. The van der Waals surface area contributed by atoms with Crippen molar-refractivity contribution < 1.29 is 13.2 Å². The Labute approximate surface area is 110 Å². The number of piperazine rings is 1. The molecule has 1 aromatic heterocycles. The largest absolute Gasteiger partial charge is 0.353 e. The van der Waals surface area contributed by atoms with Gasteiger partial charge in [-0.2, -0.15) is 4.31 Å². The van der Waals surface area contributed by atoms with Crippen molar-refractivity contribution in [2.75, 3.05) is 13.1 Å². The number of sulfonamides is 1. The molecule has 1 atom stereocenters. The van der Waals surface area contributed by atoms with Gasteiger partial charge in [-0.25, -0.2) is 13.4 Å². The van der Waals surface area contributed by atoms with Crippen LogP contribution in [0.4, 0.5) is 0 Å². The van der Waals surface area contributed by atoms with E-state index in [9.17, 15) is 13.2 Å². The average molecular weight is 293 g/mol. The number of imidazole rings is 1. The van der Waals surface area contributed by atoms with Crippen LogP contribution in [0.25, 0.3) is 0 Å². The first-order valence-electron chi connectivity index (χ1n) is 5.32. The van der Waals surface area contributed by atoms with Crippen LogP contribution in [0.15, 0.2) is 11.4 Å². The molecule has 1 fully saturated rings. The quantitative estimate of drug-likeness (QED) is 0.802. The van der Waals surface area contributed by atoms with E-state index < -0.39 is 16.1 Å². The lowest BCUT2D eigenvalue weighted by Crippen LogP contribution is -2.55. The number of aromatic nitrogens is 2. The molecule has 100 valence electrons. The summed E-state index contributed by atoms with van der Waals surface area (Å²) >= 11 is 5.89. The minimum Gasteiger partial charge on any atom is -0.353 e. The van der Waals surface area contributed by atoms with E-state index in [2.05, 4.69) is 10.3 Å². The van der Waals surface area contributed by atoms with Gasteiger partial charge in [-0.3, -0.25) is 4.79 Å². The summed E-state index contributed by atoms with van der Waals surface area (Å²) in [5.41, 5.74) is 0. The molecule has 7 nitrogen and oxygen atoms in total. The number of carbonyl (C=O) groups is 1. The summed E-state index contributed by atoms with van der Waals surface area (Å²) in [6.07, 6.45) is 1.32. The molecule has 0 spiro atoms. The van der Waals surface area contributed by atoms with Gasteiger partial charge in [0, 0.05) is 20.1 Å².